The lowest BCUT2D eigenvalue weighted by atomic mass is 10.0. The minimum atomic E-state index is -0.308. The van der Waals surface area contributed by atoms with Crippen LogP contribution in [0.2, 0.25) is 5.02 Å². The minimum absolute atomic E-state index is 0.0969. The number of amides is 1. The van der Waals surface area contributed by atoms with E-state index in [1.54, 1.807) is 13.1 Å². The van der Waals surface area contributed by atoms with E-state index in [1.807, 2.05) is 12.1 Å². The molecule has 2 aromatic rings. The van der Waals surface area contributed by atoms with Crippen molar-refractivity contribution in [2.24, 2.45) is 7.05 Å². The number of hydrogen-bond donors (Lipinski definition) is 3. The highest BCUT2D eigenvalue weighted by molar-refractivity contribution is 14.1. The van der Waals surface area contributed by atoms with Gasteiger partial charge in [-0.3, -0.25) is 14.2 Å². The molecule has 138 valence electrons. The van der Waals surface area contributed by atoms with E-state index >= 15 is 0 Å². The third-order valence-electron chi connectivity index (χ3n) is 4.46. The molecule has 0 radical (unpaired) electrons. The summed E-state index contributed by atoms with van der Waals surface area (Å²) in [6.45, 7) is 0.00554. The monoisotopic (exact) mass is 487 g/mol. The van der Waals surface area contributed by atoms with E-state index in [9.17, 15) is 9.59 Å². The molecule has 3 N–H and O–H groups in total. The van der Waals surface area contributed by atoms with Crippen LogP contribution in [-0.2, 0) is 19.9 Å². The Hall–Kier alpha value is -1.58. The van der Waals surface area contributed by atoms with Crippen molar-refractivity contribution >= 4 is 51.6 Å². The van der Waals surface area contributed by atoms with Gasteiger partial charge < -0.3 is 15.7 Å². The molecule has 0 bridgehead atoms. The summed E-state index contributed by atoms with van der Waals surface area (Å²) >= 11 is 8.48. The molecule has 3 rings (SSSR count). The zero-order valence-electron chi connectivity index (χ0n) is 14.2. The molecular formula is C18H19ClIN3O3. The fourth-order valence-corrected chi connectivity index (χ4v) is 4.14. The molecule has 0 unspecified atom stereocenters. The highest BCUT2D eigenvalue weighted by Crippen LogP contribution is 2.32. The van der Waals surface area contributed by atoms with Crippen molar-refractivity contribution in [2.45, 2.75) is 19.3 Å². The number of fused-ring (bicyclic) bond motifs is 1. The van der Waals surface area contributed by atoms with Crippen molar-refractivity contribution in [1.29, 1.82) is 0 Å². The lowest BCUT2D eigenvalue weighted by Gasteiger charge is -2.20. The smallest absolute Gasteiger partial charge is 0.255 e. The number of nitrogens with one attached hydrogen (secondary N) is 2. The predicted octanol–water partition coefficient (Wildman–Crippen LogP) is 2.60. The highest BCUT2D eigenvalue weighted by Gasteiger charge is 2.28. The summed E-state index contributed by atoms with van der Waals surface area (Å²) in [7, 11) is 1.65. The summed E-state index contributed by atoms with van der Waals surface area (Å²) in [5.74, 6) is 0.103. The summed E-state index contributed by atoms with van der Waals surface area (Å²) in [6, 6.07) is 5.52. The standard InChI is InChI=1S/C18H19ClIN3O3/c1-23-16(22-14-6-5-10(20)9-13(14)19)15(17(25)21-7-8-24)11-3-2-4-12(11)18(23)26/h5-6,9,22,24H,2-4,7-8H2,1H3,(H,21,25). The summed E-state index contributed by atoms with van der Waals surface area (Å²) in [5, 5.41) is 15.4. The molecule has 1 aromatic heterocycles. The summed E-state index contributed by atoms with van der Waals surface area (Å²) < 4.78 is 2.45. The van der Waals surface area contributed by atoms with Gasteiger partial charge in [0.15, 0.2) is 0 Å². The maximum atomic E-state index is 12.8. The second-order valence-electron chi connectivity index (χ2n) is 6.13. The number of pyridine rings is 1. The number of aliphatic hydroxyl groups excluding tert-OH is 1. The first kappa shape index (κ1) is 19.2. The second kappa shape index (κ2) is 7.98. The molecule has 1 aliphatic carbocycles. The molecule has 0 fully saturated rings. The Bertz CT molecular complexity index is 927. The number of benzene rings is 1. The Morgan fingerprint density at radius 3 is 2.77 bits per heavy atom. The lowest BCUT2D eigenvalue weighted by Crippen LogP contribution is -2.32. The van der Waals surface area contributed by atoms with Gasteiger partial charge in [0, 0.05) is 22.7 Å². The van der Waals surface area contributed by atoms with Crippen LogP contribution in [-0.4, -0.2) is 28.7 Å². The SMILES string of the molecule is Cn1c(Nc2ccc(I)cc2Cl)c(C(=O)NCCO)c2c(c1=O)CCC2. The van der Waals surface area contributed by atoms with E-state index in [4.69, 9.17) is 16.7 Å². The molecule has 8 heteroatoms. The lowest BCUT2D eigenvalue weighted by molar-refractivity contribution is 0.0944. The maximum absolute atomic E-state index is 12.8. The number of carbonyl (C=O) groups is 1. The van der Waals surface area contributed by atoms with Crippen molar-refractivity contribution in [3.63, 3.8) is 0 Å². The van der Waals surface area contributed by atoms with Crippen molar-refractivity contribution in [2.75, 3.05) is 18.5 Å². The van der Waals surface area contributed by atoms with Crippen LogP contribution in [0, 0.1) is 3.57 Å². The number of rotatable bonds is 5. The van der Waals surface area contributed by atoms with Gasteiger partial charge in [-0.1, -0.05) is 11.6 Å². The van der Waals surface area contributed by atoms with E-state index in [0.717, 1.165) is 15.6 Å². The molecule has 0 atom stereocenters. The predicted molar refractivity (Wildman–Crippen MR) is 111 cm³/mol. The first-order valence-electron chi connectivity index (χ1n) is 8.30. The van der Waals surface area contributed by atoms with E-state index in [0.29, 0.717) is 40.5 Å². The van der Waals surface area contributed by atoms with Crippen LogP contribution >= 0.6 is 34.2 Å². The molecule has 26 heavy (non-hydrogen) atoms. The van der Waals surface area contributed by atoms with Gasteiger partial charge >= 0.3 is 0 Å². The zero-order chi connectivity index (χ0) is 18.8. The fraction of sp³-hybridized carbons (Fsp3) is 0.333. The second-order valence-corrected chi connectivity index (χ2v) is 7.78. The van der Waals surface area contributed by atoms with Gasteiger partial charge in [0.05, 0.1) is 22.9 Å². The Balaban J connectivity index is 2.15. The van der Waals surface area contributed by atoms with E-state index in [1.165, 1.54) is 4.57 Å². The molecule has 6 nitrogen and oxygen atoms in total. The number of nitrogens with zero attached hydrogens (tertiary/aromatic N) is 1. The molecule has 1 aliphatic rings. The molecule has 0 saturated carbocycles. The minimum Gasteiger partial charge on any atom is -0.395 e. The van der Waals surface area contributed by atoms with Crippen LogP contribution in [0.5, 0.6) is 0 Å². The van der Waals surface area contributed by atoms with Crippen LogP contribution in [0.1, 0.15) is 27.9 Å². The molecule has 0 spiro atoms. The third-order valence-corrected chi connectivity index (χ3v) is 5.45. The molecule has 1 amide bonds. The van der Waals surface area contributed by atoms with Gasteiger partial charge in [-0.25, -0.2) is 0 Å². The normalized spacial score (nSPS) is 12.8. The van der Waals surface area contributed by atoms with Gasteiger partial charge in [0.2, 0.25) is 0 Å². The quantitative estimate of drug-likeness (QED) is 0.566. The number of aliphatic hydroxyl groups is 1. The number of halogens is 2. The van der Waals surface area contributed by atoms with Gasteiger partial charge in [0.25, 0.3) is 11.5 Å². The van der Waals surface area contributed by atoms with Crippen molar-refractivity contribution in [3.05, 3.63) is 53.8 Å². The number of aromatic nitrogens is 1. The Morgan fingerprint density at radius 1 is 1.35 bits per heavy atom. The van der Waals surface area contributed by atoms with Gasteiger partial charge in [-0.05, 0) is 65.6 Å². The Kier molecular flexibility index (Phi) is 5.89. The fourth-order valence-electron chi connectivity index (χ4n) is 3.24. The number of anilines is 2. The maximum Gasteiger partial charge on any atom is 0.255 e. The number of carbonyl (C=O) groups excluding carboxylic acids is 1. The summed E-state index contributed by atoms with van der Waals surface area (Å²) in [4.78, 5) is 25.5. The molecule has 0 aliphatic heterocycles. The first-order valence-corrected chi connectivity index (χ1v) is 9.75. The average molecular weight is 488 g/mol. The van der Waals surface area contributed by atoms with Crippen LogP contribution in [0.15, 0.2) is 23.0 Å². The van der Waals surface area contributed by atoms with Gasteiger partial charge in [-0.2, -0.15) is 0 Å². The topological polar surface area (TPSA) is 83.4 Å². The molecular weight excluding hydrogens is 469 g/mol. The summed E-state index contributed by atoms with van der Waals surface area (Å²) in [5.41, 5.74) is 2.45. The van der Waals surface area contributed by atoms with Crippen molar-refractivity contribution in [1.82, 2.24) is 9.88 Å². The number of hydrogen-bond acceptors (Lipinski definition) is 4. The van der Waals surface area contributed by atoms with Crippen LogP contribution in [0.4, 0.5) is 11.5 Å². The zero-order valence-corrected chi connectivity index (χ0v) is 17.1. The van der Waals surface area contributed by atoms with E-state index in [2.05, 4.69) is 33.2 Å². The summed E-state index contributed by atoms with van der Waals surface area (Å²) in [6.07, 6.45) is 2.20. The van der Waals surface area contributed by atoms with Crippen molar-refractivity contribution in [3.8, 4) is 0 Å². The van der Waals surface area contributed by atoms with Gasteiger partial charge in [-0.15, -0.1) is 0 Å². The third kappa shape index (κ3) is 3.60. The van der Waals surface area contributed by atoms with E-state index < -0.39 is 0 Å². The largest absolute Gasteiger partial charge is 0.395 e. The van der Waals surface area contributed by atoms with Crippen LogP contribution in [0.3, 0.4) is 0 Å². The first-order chi connectivity index (χ1) is 12.4. The van der Waals surface area contributed by atoms with Crippen molar-refractivity contribution < 1.29 is 9.90 Å². The molecule has 0 saturated heterocycles. The van der Waals surface area contributed by atoms with Crippen LogP contribution < -0.4 is 16.2 Å². The average Bonchev–Trinajstić information content (AvgIpc) is 3.09. The highest BCUT2D eigenvalue weighted by atomic mass is 127. The molecule has 1 heterocycles. The van der Waals surface area contributed by atoms with Crippen LogP contribution in [0.25, 0.3) is 0 Å². The van der Waals surface area contributed by atoms with E-state index in [-0.39, 0.29) is 24.6 Å². The Labute approximate surface area is 169 Å². The Morgan fingerprint density at radius 2 is 2.08 bits per heavy atom. The van der Waals surface area contributed by atoms with Gasteiger partial charge in [0.1, 0.15) is 5.82 Å². The molecule has 1 aromatic carbocycles.